The summed E-state index contributed by atoms with van der Waals surface area (Å²) in [5, 5.41) is 25.2. The molecular formula is C25H30Br2N2O9S. The number of carbonyl (C=O) groups is 3. The van der Waals surface area contributed by atoms with E-state index in [4.69, 9.17) is 24.5 Å². The molecule has 2 aromatic carbocycles. The number of aliphatic hydroxyl groups is 1. The van der Waals surface area contributed by atoms with Gasteiger partial charge in [0.25, 0.3) is 0 Å². The number of ketones is 1. The molecule has 214 valence electrons. The van der Waals surface area contributed by atoms with Gasteiger partial charge >= 0.3 is 11.9 Å². The van der Waals surface area contributed by atoms with Crippen LogP contribution < -0.4 is 4.74 Å². The zero-order valence-electron chi connectivity index (χ0n) is 21.1. The van der Waals surface area contributed by atoms with Gasteiger partial charge in [0, 0.05) is 48.1 Å². The summed E-state index contributed by atoms with van der Waals surface area (Å²) >= 11 is 6.67. The molecule has 0 aliphatic carbocycles. The summed E-state index contributed by atoms with van der Waals surface area (Å²) in [6, 6.07) is 12.6. The van der Waals surface area contributed by atoms with Crippen LogP contribution in [0.4, 0.5) is 0 Å². The lowest BCUT2D eigenvalue weighted by molar-refractivity contribution is -0.159. The Bertz CT molecular complexity index is 1240. The van der Waals surface area contributed by atoms with Crippen molar-refractivity contribution in [2.45, 2.75) is 30.8 Å². The average molecular weight is 694 g/mol. The van der Waals surface area contributed by atoms with Crippen LogP contribution in [-0.4, -0.2) is 96.1 Å². The van der Waals surface area contributed by atoms with E-state index in [-0.39, 0.29) is 17.3 Å². The number of piperazine rings is 1. The van der Waals surface area contributed by atoms with Crippen molar-refractivity contribution in [1.29, 1.82) is 0 Å². The number of carbonyl (C=O) groups excluding carboxylic acids is 1. The van der Waals surface area contributed by atoms with Crippen molar-refractivity contribution in [2.75, 3.05) is 39.3 Å². The van der Waals surface area contributed by atoms with Crippen molar-refractivity contribution in [3.63, 3.8) is 0 Å². The van der Waals surface area contributed by atoms with E-state index in [1.807, 2.05) is 29.2 Å². The van der Waals surface area contributed by atoms with Crippen LogP contribution in [-0.2, 0) is 30.8 Å². The Kier molecular flexibility index (Phi) is 13.0. The predicted octanol–water partition coefficient (Wildman–Crippen LogP) is 2.63. The van der Waals surface area contributed by atoms with Crippen LogP contribution in [0.5, 0.6) is 5.75 Å². The van der Waals surface area contributed by atoms with Gasteiger partial charge in [-0.05, 0) is 65.2 Å². The molecule has 11 nitrogen and oxygen atoms in total. The number of hydrogen-bond donors (Lipinski definition) is 3. The highest BCUT2D eigenvalue weighted by molar-refractivity contribution is 9.11. The zero-order chi connectivity index (χ0) is 29.2. The SMILES string of the molecule is CC(=O)CCc1ccc(OCC(O)CN2CCN(S(=O)(=O)c3cc(Br)ccc3Br)CC2)cc1.O=C(O)C(=O)O. The molecule has 3 rings (SSSR count). The number of carboxylic acids is 2. The quantitative estimate of drug-likeness (QED) is 0.316. The molecule has 2 aromatic rings. The standard InChI is InChI=1S/C23H28Br2N2O5S.C2H2O4/c1-17(28)2-3-18-4-7-21(8-5-18)32-16-20(29)15-26-10-12-27(13-11-26)33(30,31)23-14-19(24)6-9-22(23)25;3-1(4)2(5)6/h4-9,14,20,29H,2-3,10-13,15-16H2,1H3;(H,3,4)(H,5,6). The number of hydrogen-bond acceptors (Lipinski definition) is 8. The van der Waals surface area contributed by atoms with Crippen molar-refractivity contribution >= 4 is 59.6 Å². The second-order valence-corrected chi connectivity index (χ2v) is 12.4. The number of benzene rings is 2. The van der Waals surface area contributed by atoms with Gasteiger partial charge in [-0.15, -0.1) is 0 Å². The Morgan fingerprint density at radius 1 is 0.974 bits per heavy atom. The number of halogens is 2. The Morgan fingerprint density at radius 3 is 2.10 bits per heavy atom. The van der Waals surface area contributed by atoms with E-state index < -0.39 is 28.1 Å². The monoisotopic (exact) mass is 692 g/mol. The molecule has 39 heavy (non-hydrogen) atoms. The minimum absolute atomic E-state index is 0.149. The molecule has 1 aliphatic rings. The van der Waals surface area contributed by atoms with Gasteiger partial charge in [0.2, 0.25) is 10.0 Å². The van der Waals surface area contributed by atoms with Crippen LogP contribution in [0.1, 0.15) is 18.9 Å². The maximum Gasteiger partial charge on any atom is 0.414 e. The summed E-state index contributed by atoms with van der Waals surface area (Å²) in [6.07, 6.45) is 0.538. The van der Waals surface area contributed by atoms with Gasteiger partial charge in [0.15, 0.2) is 0 Å². The van der Waals surface area contributed by atoms with Gasteiger partial charge in [-0.3, -0.25) is 4.90 Å². The van der Waals surface area contributed by atoms with Crippen molar-refractivity contribution in [1.82, 2.24) is 9.21 Å². The van der Waals surface area contributed by atoms with Crippen LogP contribution in [0.3, 0.4) is 0 Å². The number of carboxylic acid groups (broad SMARTS) is 2. The normalized spacial score (nSPS) is 15.1. The first-order valence-electron chi connectivity index (χ1n) is 11.8. The second kappa shape index (κ2) is 15.4. The van der Waals surface area contributed by atoms with E-state index in [2.05, 4.69) is 31.9 Å². The third-order valence-electron chi connectivity index (χ3n) is 5.63. The number of aliphatic carboxylic acids is 2. The number of Topliss-reactive ketones (excluding diaryl/α,β-unsaturated/α-hetero) is 1. The number of nitrogens with zero attached hydrogens (tertiary/aromatic N) is 2. The predicted molar refractivity (Wildman–Crippen MR) is 149 cm³/mol. The molecule has 1 heterocycles. The highest BCUT2D eigenvalue weighted by Crippen LogP contribution is 2.28. The fraction of sp³-hybridized carbons (Fsp3) is 0.400. The van der Waals surface area contributed by atoms with Crippen LogP contribution in [0.2, 0.25) is 0 Å². The topological polar surface area (TPSA) is 162 Å². The molecule has 0 radical (unpaired) electrons. The Morgan fingerprint density at radius 2 is 1.56 bits per heavy atom. The fourth-order valence-electron chi connectivity index (χ4n) is 3.58. The van der Waals surface area contributed by atoms with Crippen LogP contribution in [0, 0.1) is 0 Å². The van der Waals surface area contributed by atoms with Gasteiger partial charge in [-0.1, -0.05) is 28.1 Å². The smallest absolute Gasteiger partial charge is 0.414 e. The number of sulfonamides is 1. The number of aliphatic hydroxyl groups excluding tert-OH is 1. The van der Waals surface area contributed by atoms with Crippen LogP contribution >= 0.6 is 31.9 Å². The van der Waals surface area contributed by atoms with E-state index in [0.717, 1.165) is 5.56 Å². The third kappa shape index (κ3) is 11.0. The van der Waals surface area contributed by atoms with Crippen molar-refractivity contribution in [3.8, 4) is 5.75 Å². The minimum atomic E-state index is -3.60. The highest BCUT2D eigenvalue weighted by Gasteiger charge is 2.30. The molecule has 14 heteroatoms. The Hall–Kier alpha value is -2.36. The van der Waals surface area contributed by atoms with E-state index in [1.165, 1.54) is 4.31 Å². The molecule has 0 aromatic heterocycles. The van der Waals surface area contributed by atoms with Crippen molar-refractivity contribution in [3.05, 3.63) is 57.0 Å². The van der Waals surface area contributed by atoms with Gasteiger partial charge in [-0.25, -0.2) is 18.0 Å². The van der Waals surface area contributed by atoms with Crippen molar-refractivity contribution < 1.29 is 42.9 Å². The molecule has 1 saturated heterocycles. The molecule has 0 spiro atoms. The number of aryl methyl sites for hydroxylation is 1. The van der Waals surface area contributed by atoms with E-state index >= 15 is 0 Å². The highest BCUT2D eigenvalue weighted by atomic mass is 79.9. The largest absolute Gasteiger partial charge is 0.491 e. The lowest BCUT2D eigenvalue weighted by Gasteiger charge is -2.35. The molecule has 1 unspecified atom stereocenters. The van der Waals surface area contributed by atoms with E-state index in [9.17, 15) is 18.3 Å². The van der Waals surface area contributed by atoms with Gasteiger partial charge in [0.05, 0.1) is 4.90 Å². The molecule has 0 amide bonds. The summed E-state index contributed by atoms with van der Waals surface area (Å²) in [5.74, 6) is -2.82. The van der Waals surface area contributed by atoms with Gasteiger partial charge in [-0.2, -0.15) is 4.31 Å². The molecular weight excluding hydrogens is 664 g/mol. The summed E-state index contributed by atoms with van der Waals surface area (Å²) in [7, 11) is -3.60. The van der Waals surface area contributed by atoms with E-state index in [1.54, 1.807) is 25.1 Å². The lowest BCUT2D eigenvalue weighted by Crippen LogP contribution is -2.50. The van der Waals surface area contributed by atoms with Crippen LogP contribution in [0.25, 0.3) is 0 Å². The molecule has 1 atom stereocenters. The van der Waals surface area contributed by atoms with E-state index in [0.29, 0.717) is 60.3 Å². The maximum absolute atomic E-state index is 13.0. The second-order valence-electron chi connectivity index (χ2n) is 8.70. The summed E-state index contributed by atoms with van der Waals surface area (Å²) in [4.78, 5) is 31.6. The number of ether oxygens (including phenoxy) is 1. The summed E-state index contributed by atoms with van der Waals surface area (Å²) in [6.45, 7) is 3.92. The van der Waals surface area contributed by atoms with Crippen molar-refractivity contribution in [2.24, 2.45) is 0 Å². The fourth-order valence-corrected chi connectivity index (χ4v) is 6.47. The molecule has 1 aliphatic heterocycles. The zero-order valence-corrected chi connectivity index (χ0v) is 25.1. The number of rotatable bonds is 10. The first kappa shape index (κ1) is 32.8. The summed E-state index contributed by atoms with van der Waals surface area (Å²) < 4.78 is 34.4. The first-order valence-corrected chi connectivity index (χ1v) is 14.8. The summed E-state index contributed by atoms with van der Waals surface area (Å²) in [5.41, 5.74) is 1.07. The Labute approximate surface area is 243 Å². The molecule has 3 N–H and O–H groups in total. The molecule has 1 fully saturated rings. The molecule has 0 saturated carbocycles. The third-order valence-corrected chi connectivity index (χ3v) is 9.01. The minimum Gasteiger partial charge on any atom is -0.491 e. The lowest BCUT2D eigenvalue weighted by atomic mass is 10.1. The number of β-amino-alcohol motifs (C(OH)–C–C–N with tert-alkyl or cyclic N) is 1. The van der Waals surface area contributed by atoms with Gasteiger partial charge in [0.1, 0.15) is 24.2 Å². The van der Waals surface area contributed by atoms with Crippen LogP contribution in [0.15, 0.2) is 56.3 Å². The molecule has 0 bridgehead atoms. The first-order chi connectivity index (χ1) is 18.3. The average Bonchev–Trinajstić information content (AvgIpc) is 2.88. The van der Waals surface area contributed by atoms with Gasteiger partial charge < -0.3 is 24.9 Å². The maximum atomic E-state index is 13.0. The Balaban J connectivity index is 0.000000798.